The average molecular weight is 339 g/mol. The van der Waals surface area contributed by atoms with Gasteiger partial charge in [0.05, 0.1) is 10.9 Å². The van der Waals surface area contributed by atoms with Gasteiger partial charge in [0.15, 0.2) is 5.69 Å². The summed E-state index contributed by atoms with van der Waals surface area (Å²) in [5, 5.41) is 7.00. The van der Waals surface area contributed by atoms with Gasteiger partial charge in [0.1, 0.15) is 5.82 Å². The van der Waals surface area contributed by atoms with Gasteiger partial charge in [-0.3, -0.25) is 14.3 Å². The molecule has 0 unspecified atom stereocenters. The Kier molecular flexibility index (Phi) is 4.61. The second-order valence-corrected chi connectivity index (χ2v) is 5.83. The maximum Gasteiger partial charge on any atom is 0.276 e. The number of nitrogens with zero attached hydrogens (tertiary/aromatic N) is 2. The number of rotatable bonds is 4. The van der Waals surface area contributed by atoms with Crippen LogP contribution in [0.1, 0.15) is 28.5 Å². The number of benzene rings is 2. The van der Waals surface area contributed by atoms with E-state index in [4.69, 9.17) is 0 Å². The van der Waals surface area contributed by atoms with Crippen LogP contribution in [0.25, 0.3) is 10.9 Å². The lowest BCUT2D eigenvalue weighted by atomic mass is 10.1. The number of aromatic nitrogens is 2. The zero-order valence-electron chi connectivity index (χ0n) is 14.0. The lowest BCUT2D eigenvalue weighted by molar-refractivity contribution is 0.0942. The monoisotopic (exact) mass is 339 g/mol. The molecule has 25 heavy (non-hydrogen) atoms. The van der Waals surface area contributed by atoms with E-state index < -0.39 is 17.2 Å². The molecule has 0 aliphatic carbocycles. The molecule has 1 N–H and O–H groups in total. The Morgan fingerprint density at radius 1 is 1.24 bits per heavy atom. The van der Waals surface area contributed by atoms with Crippen molar-refractivity contribution in [2.45, 2.75) is 26.9 Å². The lowest BCUT2D eigenvalue weighted by Crippen LogP contribution is -2.31. The summed E-state index contributed by atoms with van der Waals surface area (Å²) in [7, 11) is 0. The minimum absolute atomic E-state index is 0.151. The Balaban J connectivity index is 1.96. The van der Waals surface area contributed by atoms with Crippen molar-refractivity contribution in [1.29, 1.82) is 0 Å². The topological polar surface area (TPSA) is 64.0 Å². The maximum absolute atomic E-state index is 13.5. The van der Waals surface area contributed by atoms with E-state index in [-0.39, 0.29) is 17.6 Å². The number of carbonyl (C=O) groups is 1. The molecule has 3 rings (SSSR count). The van der Waals surface area contributed by atoms with Gasteiger partial charge in [-0.2, -0.15) is 5.10 Å². The van der Waals surface area contributed by atoms with E-state index in [1.54, 1.807) is 0 Å². The maximum atomic E-state index is 13.5. The van der Waals surface area contributed by atoms with Gasteiger partial charge in [-0.15, -0.1) is 0 Å². The van der Waals surface area contributed by atoms with Crippen molar-refractivity contribution in [1.82, 2.24) is 15.1 Å². The van der Waals surface area contributed by atoms with Gasteiger partial charge in [-0.05, 0) is 37.6 Å². The van der Waals surface area contributed by atoms with Crippen LogP contribution in [0.15, 0.2) is 47.3 Å². The average Bonchev–Trinajstić information content (AvgIpc) is 2.60. The first kappa shape index (κ1) is 16.8. The second-order valence-electron chi connectivity index (χ2n) is 5.83. The van der Waals surface area contributed by atoms with E-state index >= 15 is 0 Å². The highest BCUT2D eigenvalue weighted by molar-refractivity contribution is 5.95. The third-order valence-corrected chi connectivity index (χ3v) is 3.97. The molecule has 0 bridgehead atoms. The molecule has 3 aromatic rings. The van der Waals surface area contributed by atoms with Crippen LogP contribution in [0.4, 0.5) is 4.39 Å². The molecule has 0 saturated carbocycles. The fourth-order valence-corrected chi connectivity index (χ4v) is 2.74. The molecule has 0 radical (unpaired) electrons. The summed E-state index contributed by atoms with van der Waals surface area (Å²) in [4.78, 5) is 25.0. The minimum atomic E-state index is -0.570. The van der Waals surface area contributed by atoms with Crippen molar-refractivity contribution in [2.24, 2.45) is 0 Å². The van der Waals surface area contributed by atoms with Gasteiger partial charge in [-0.1, -0.05) is 29.8 Å². The lowest BCUT2D eigenvalue weighted by Gasteiger charge is -2.11. The summed E-state index contributed by atoms with van der Waals surface area (Å²) >= 11 is 0. The Labute approximate surface area is 144 Å². The molecule has 1 aromatic heterocycles. The van der Waals surface area contributed by atoms with Gasteiger partial charge in [-0.25, -0.2) is 4.39 Å². The highest BCUT2D eigenvalue weighted by Gasteiger charge is 2.17. The van der Waals surface area contributed by atoms with Crippen LogP contribution in [0.2, 0.25) is 0 Å². The Morgan fingerprint density at radius 3 is 2.76 bits per heavy atom. The van der Waals surface area contributed by atoms with Crippen LogP contribution in [0, 0.1) is 12.7 Å². The number of carbonyl (C=O) groups excluding carboxylic acids is 1. The van der Waals surface area contributed by atoms with E-state index in [0.717, 1.165) is 17.2 Å². The number of nitrogens with one attached hydrogen (secondary N) is 1. The molecule has 2 aromatic carbocycles. The molecular weight excluding hydrogens is 321 g/mol. The quantitative estimate of drug-likeness (QED) is 0.795. The van der Waals surface area contributed by atoms with Crippen molar-refractivity contribution >= 4 is 16.8 Å². The molecule has 0 atom stereocenters. The highest BCUT2D eigenvalue weighted by atomic mass is 19.1. The number of amides is 1. The van der Waals surface area contributed by atoms with Gasteiger partial charge < -0.3 is 5.32 Å². The fourth-order valence-electron chi connectivity index (χ4n) is 2.74. The van der Waals surface area contributed by atoms with Crippen LogP contribution in [0.5, 0.6) is 0 Å². The predicted octanol–water partition coefficient (Wildman–Crippen LogP) is 2.79. The molecule has 0 aliphatic heterocycles. The summed E-state index contributed by atoms with van der Waals surface area (Å²) in [5.41, 5.74) is 1.72. The number of hydrogen-bond donors (Lipinski definition) is 1. The molecule has 0 saturated heterocycles. The van der Waals surface area contributed by atoms with Crippen LogP contribution in [-0.2, 0) is 13.1 Å². The van der Waals surface area contributed by atoms with E-state index in [1.165, 1.54) is 16.8 Å². The molecule has 5 nitrogen and oxygen atoms in total. The largest absolute Gasteiger partial charge is 0.346 e. The van der Waals surface area contributed by atoms with E-state index in [0.29, 0.717) is 12.1 Å². The van der Waals surface area contributed by atoms with Crippen molar-refractivity contribution in [3.8, 4) is 0 Å². The van der Waals surface area contributed by atoms with Crippen molar-refractivity contribution < 1.29 is 9.18 Å². The van der Waals surface area contributed by atoms with Crippen LogP contribution >= 0.6 is 0 Å². The molecule has 0 aliphatic rings. The summed E-state index contributed by atoms with van der Waals surface area (Å²) in [5.74, 6) is -1.09. The predicted molar refractivity (Wildman–Crippen MR) is 94.0 cm³/mol. The number of fused-ring (bicyclic) bond motifs is 1. The van der Waals surface area contributed by atoms with Gasteiger partial charge in [0.25, 0.3) is 5.91 Å². The summed E-state index contributed by atoms with van der Waals surface area (Å²) in [6, 6.07) is 11.6. The normalized spacial score (nSPS) is 10.8. The number of aryl methyl sites for hydroxylation is 2. The van der Waals surface area contributed by atoms with Crippen molar-refractivity contribution in [3.05, 3.63) is 75.3 Å². The first-order chi connectivity index (χ1) is 12.0. The third kappa shape index (κ3) is 3.42. The van der Waals surface area contributed by atoms with Gasteiger partial charge in [0, 0.05) is 13.1 Å². The Hall–Kier alpha value is -3.02. The SMILES string of the molecule is CCn1nc(C(=O)NCc2cccc(C)c2)c(=O)c2cc(F)ccc21. The molecule has 128 valence electrons. The summed E-state index contributed by atoms with van der Waals surface area (Å²) < 4.78 is 15.0. The number of halogens is 1. The van der Waals surface area contributed by atoms with Gasteiger partial charge >= 0.3 is 0 Å². The van der Waals surface area contributed by atoms with Gasteiger partial charge in [0.2, 0.25) is 5.43 Å². The smallest absolute Gasteiger partial charge is 0.276 e. The van der Waals surface area contributed by atoms with Crippen molar-refractivity contribution in [2.75, 3.05) is 0 Å². The minimum Gasteiger partial charge on any atom is -0.346 e. The molecule has 0 spiro atoms. The van der Waals surface area contributed by atoms with Crippen molar-refractivity contribution in [3.63, 3.8) is 0 Å². The molecule has 6 heteroatoms. The number of hydrogen-bond acceptors (Lipinski definition) is 3. The highest BCUT2D eigenvalue weighted by Crippen LogP contribution is 2.12. The Bertz CT molecular complexity index is 1010. The molecule has 0 fully saturated rings. The molecule has 1 heterocycles. The van der Waals surface area contributed by atoms with Crippen LogP contribution in [0.3, 0.4) is 0 Å². The van der Waals surface area contributed by atoms with Crippen LogP contribution in [-0.4, -0.2) is 15.7 Å². The Morgan fingerprint density at radius 2 is 2.04 bits per heavy atom. The summed E-state index contributed by atoms with van der Waals surface area (Å²) in [6.07, 6.45) is 0. The third-order valence-electron chi connectivity index (χ3n) is 3.97. The second kappa shape index (κ2) is 6.84. The first-order valence-corrected chi connectivity index (χ1v) is 8.03. The van der Waals surface area contributed by atoms with E-state index in [9.17, 15) is 14.0 Å². The van der Waals surface area contributed by atoms with Crippen LogP contribution < -0.4 is 10.7 Å². The molecule has 1 amide bonds. The summed E-state index contributed by atoms with van der Waals surface area (Å²) in [6.45, 7) is 4.55. The van der Waals surface area contributed by atoms with E-state index in [1.807, 2.05) is 38.1 Å². The standard InChI is InChI=1S/C19H18FN3O2/c1-3-23-16-8-7-14(20)10-15(16)18(24)17(22-23)19(25)21-11-13-6-4-5-12(2)9-13/h4-10H,3,11H2,1-2H3,(H,21,25). The fraction of sp³-hybridized carbons (Fsp3) is 0.211. The molecular formula is C19H18FN3O2. The van der Waals surface area contributed by atoms with E-state index in [2.05, 4.69) is 10.4 Å². The zero-order valence-corrected chi connectivity index (χ0v) is 14.0. The first-order valence-electron chi connectivity index (χ1n) is 8.03. The zero-order chi connectivity index (χ0) is 18.0.